The van der Waals surface area contributed by atoms with Crippen molar-refractivity contribution in [3.8, 4) is 5.75 Å². The topological polar surface area (TPSA) is 58.0 Å². The first kappa shape index (κ1) is 11.4. The standard InChI is InChI=1S/C11H15N3O/c1-10-6-2-3-7-11(10)15-9-5-4-8-13-14-12/h2-3,6-7H,4-5,8-9H2,1H3. The molecule has 0 radical (unpaired) electrons. The number of nitrogens with zero attached hydrogens (tertiary/aromatic N) is 3. The van der Waals surface area contributed by atoms with Gasteiger partial charge in [-0.3, -0.25) is 0 Å². The summed E-state index contributed by atoms with van der Waals surface area (Å²) >= 11 is 0. The molecule has 4 nitrogen and oxygen atoms in total. The zero-order chi connectivity index (χ0) is 10.9. The van der Waals surface area contributed by atoms with E-state index >= 15 is 0 Å². The van der Waals surface area contributed by atoms with Gasteiger partial charge in [-0.25, -0.2) is 0 Å². The van der Waals surface area contributed by atoms with Crippen molar-refractivity contribution < 1.29 is 4.74 Å². The lowest BCUT2D eigenvalue weighted by molar-refractivity contribution is 0.306. The Labute approximate surface area is 89.5 Å². The van der Waals surface area contributed by atoms with E-state index < -0.39 is 0 Å². The van der Waals surface area contributed by atoms with Crippen LogP contribution >= 0.6 is 0 Å². The number of para-hydroxylation sites is 1. The second-order valence-corrected chi connectivity index (χ2v) is 3.28. The Morgan fingerprint density at radius 2 is 2.13 bits per heavy atom. The van der Waals surface area contributed by atoms with Gasteiger partial charge in [0.1, 0.15) is 5.75 Å². The Hall–Kier alpha value is -1.67. The molecule has 1 aromatic carbocycles. The van der Waals surface area contributed by atoms with E-state index in [4.69, 9.17) is 10.3 Å². The molecule has 0 aliphatic rings. The number of aryl methyl sites for hydroxylation is 1. The largest absolute Gasteiger partial charge is 0.493 e. The predicted octanol–water partition coefficient (Wildman–Crippen LogP) is 3.46. The lowest BCUT2D eigenvalue weighted by Gasteiger charge is -2.07. The van der Waals surface area contributed by atoms with Crippen molar-refractivity contribution in [3.63, 3.8) is 0 Å². The van der Waals surface area contributed by atoms with Gasteiger partial charge in [0.25, 0.3) is 0 Å². The first-order valence-electron chi connectivity index (χ1n) is 5.04. The molecule has 0 N–H and O–H groups in total. The van der Waals surface area contributed by atoms with E-state index in [0.29, 0.717) is 13.2 Å². The summed E-state index contributed by atoms with van der Waals surface area (Å²) in [5, 5.41) is 3.46. The molecule has 0 saturated heterocycles. The Bertz CT molecular complexity index is 345. The smallest absolute Gasteiger partial charge is 0.122 e. The van der Waals surface area contributed by atoms with Crippen LogP contribution in [0.5, 0.6) is 5.75 Å². The van der Waals surface area contributed by atoms with E-state index in [9.17, 15) is 0 Å². The molecule has 0 unspecified atom stereocenters. The third-order valence-corrected chi connectivity index (χ3v) is 2.07. The van der Waals surface area contributed by atoms with Gasteiger partial charge in [0.05, 0.1) is 6.61 Å². The van der Waals surface area contributed by atoms with Crippen LogP contribution in [0.4, 0.5) is 0 Å². The fourth-order valence-electron chi connectivity index (χ4n) is 1.23. The van der Waals surface area contributed by atoms with Gasteiger partial charge >= 0.3 is 0 Å². The third kappa shape index (κ3) is 4.38. The molecule has 0 bridgehead atoms. The molecule has 1 rings (SSSR count). The number of hydrogen-bond acceptors (Lipinski definition) is 2. The first-order chi connectivity index (χ1) is 7.34. The van der Waals surface area contributed by atoms with Crippen LogP contribution in [0.1, 0.15) is 18.4 Å². The summed E-state index contributed by atoms with van der Waals surface area (Å²) in [5.41, 5.74) is 9.21. The van der Waals surface area contributed by atoms with Crippen LogP contribution in [0, 0.1) is 6.92 Å². The monoisotopic (exact) mass is 205 g/mol. The van der Waals surface area contributed by atoms with E-state index in [-0.39, 0.29) is 0 Å². The summed E-state index contributed by atoms with van der Waals surface area (Å²) in [6.45, 7) is 3.24. The summed E-state index contributed by atoms with van der Waals surface area (Å²) in [6.07, 6.45) is 1.78. The van der Waals surface area contributed by atoms with E-state index in [1.54, 1.807) is 0 Å². The fraction of sp³-hybridized carbons (Fsp3) is 0.455. The maximum atomic E-state index is 8.06. The quantitative estimate of drug-likeness (QED) is 0.303. The zero-order valence-electron chi connectivity index (χ0n) is 8.89. The van der Waals surface area contributed by atoms with Gasteiger partial charge in [0, 0.05) is 11.5 Å². The van der Waals surface area contributed by atoms with E-state index in [1.165, 1.54) is 0 Å². The number of benzene rings is 1. The number of unbranched alkanes of at least 4 members (excludes halogenated alkanes) is 1. The van der Waals surface area contributed by atoms with Gasteiger partial charge < -0.3 is 4.74 Å². The van der Waals surface area contributed by atoms with Gasteiger partial charge in [-0.05, 0) is 36.9 Å². The number of ether oxygens (including phenoxy) is 1. The molecule has 15 heavy (non-hydrogen) atoms. The summed E-state index contributed by atoms with van der Waals surface area (Å²) in [7, 11) is 0. The van der Waals surface area contributed by atoms with Crippen molar-refractivity contribution in [2.24, 2.45) is 5.11 Å². The van der Waals surface area contributed by atoms with Crippen molar-refractivity contribution >= 4 is 0 Å². The lowest BCUT2D eigenvalue weighted by Crippen LogP contribution is -1.99. The second-order valence-electron chi connectivity index (χ2n) is 3.28. The van der Waals surface area contributed by atoms with E-state index in [0.717, 1.165) is 24.2 Å². The summed E-state index contributed by atoms with van der Waals surface area (Å²) in [4.78, 5) is 2.69. The fourth-order valence-corrected chi connectivity index (χ4v) is 1.23. The van der Waals surface area contributed by atoms with Gasteiger partial charge in [0.2, 0.25) is 0 Å². The minimum absolute atomic E-state index is 0.549. The Kier molecular flexibility index (Phi) is 5.12. The average molecular weight is 205 g/mol. The van der Waals surface area contributed by atoms with Crippen molar-refractivity contribution in [1.82, 2.24) is 0 Å². The van der Waals surface area contributed by atoms with Crippen LogP contribution in [0.2, 0.25) is 0 Å². The van der Waals surface area contributed by atoms with Crippen molar-refractivity contribution in [2.45, 2.75) is 19.8 Å². The molecule has 0 spiro atoms. The molecular weight excluding hydrogens is 190 g/mol. The molecule has 80 valence electrons. The van der Waals surface area contributed by atoms with Crippen molar-refractivity contribution in [2.75, 3.05) is 13.2 Å². The predicted molar refractivity (Wildman–Crippen MR) is 59.9 cm³/mol. The average Bonchev–Trinajstić information content (AvgIpc) is 2.25. The van der Waals surface area contributed by atoms with E-state index in [2.05, 4.69) is 10.0 Å². The van der Waals surface area contributed by atoms with Gasteiger partial charge in [0.15, 0.2) is 0 Å². The molecule has 0 saturated carbocycles. The highest BCUT2D eigenvalue weighted by Crippen LogP contribution is 2.16. The molecule has 0 amide bonds. The molecule has 0 heterocycles. The zero-order valence-corrected chi connectivity index (χ0v) is 8.89. The molecule has 0 aliphatic carbocycles. The number of hydrogen-bond donors (Lipinski definition) is 0. The molecule has 0 atom stereocenters. The minimum atomic E-state index is 0.549. The van der Waals surface area contributed by atoms with Gasteiger partial charge in [-0.2, -0.15) is 0 Å². The van der Waals surface area contributed by atoms with Gasteiger partial charge in [-0.15, -0.1) is 0 Å². The first-order valence-corrected chi connectivity index (χ1v) is 5.04. The third-order valence-electron chi connectivity index (χ3n) is 2.07. The second kappa shape index (κ2) is 6.74. The van der Waals surface area contributed by atoms with Crippen molar-refractivity contribution in [3.05, 3.63) is 40.3 Å². The highest BCUT2D eigenvalue weighted by molar-refractivity contribution is 5.31. The summed E-state index contributed by atoms with van der Waals surface area (Å²) in [6, 6.07) is 7.93. The lowest BCUT2D eigenvalue weighted by atomic mass is 10.2. The van der Waals surface area contributed by atoms with Crippen molar-refractivity contribution in [1.29, 1.82) is 0 Å². The maximum absolute atomic E-state index is 8.06. The molecular formula is C11H15N3O. The number of rotatable bonds is 6. The SMILES string of the molecule is Cc1ccccc1OCCCCN=[N+]=[N-]. The molecule has 0 aliphatic heterocycles. The van der Waals surface area contributed by atoms with Crippen LogP contribution in [0.3, 0.4) is 0 Å². The highest BCUT2D eigenvalue weighted by Gasteiger charge is 1.96. The Balaban J connectivity index is 2.20. The molecule has 0 fully saturated rings. The van der Waals surface area contributed by atoms with E-state index in [1.807, 2.05) is 31.2 Å². The molecule has 1 aromatic rings. The van der Waals surface area contributed by atoms with Crippen LogP contribution in [-0.2, 0) is 0 Å². The van der Waals surface area contributed by atoms with Crippen LogP contribution in [0.15, 0.2) is 29.4 Å². The van der Waals surface area contributed by atoms with Gasteiger partial charge in [-0.1, -0.05) is 23.3 Å². The maximum Gasteiger partial charge on any atom is 0.122 e. The minimum Gasteiger partial charge on any atom is -0.493 e. The van der Waals surface area contributed by atoms with Crippen LogP contribution in [-0.4, -0.2) is 13.2 Å². The van der Waals surface area contributed by atoms with Crippen LogP contribution < -0.4 is 4.74 Å². The summed E-state index contributed by atoms with van der Waals surface area (Å²) < 4.78 is 5.58. The Morgan fingerprint density at radius 3 is 2.87 bits per heavy atom. The molecule has 0 aromatic heterocycles. The highest BCUT2D eigenvalue weighted by atomic mass is 16.5. The normalized spacial score (nSPS) is 9.40. The van der Waals surface area contributed by atoms with Crippen LogP contribution in [0.25, 0.3) is 10.4 Å². The summed E-state index contributed by atoms with van der Waals surface area (Å²) in [5.74, 6) is 0.932. The Morgan fingerprint density at radius 1 is 1.33 bits per heavy atom. The number of azide groups is 1. The molecule has 4 heteroatoms.